The van der Waals surface area contributed by atoms with Gasteiger partial charge in [-0.05, 0) is 32.0 Å². The van der Waals surface area contributed by atoms with Gasteiger partial charge in [-0.15, -0.1) is 5.10 Å². The molecule has 9 heteroatoms. The van der Waals surface area contributed by atoms with Gasteiger partial charge in [-0.25, -0.2) is 9.50 Å². The highest BCUT2D eigenvalue weighted by Gasteiger charge is 2.15. The highest BCUT2D eigenvalue weighted by Crippen LogP contribution is 2.34. The van der Waals surface area contributed by atoms with Crippen LogP contribution in [-0.4, -0.2) is 38.0 Å². The molecule has 1 aromatic carbocycles. The fraction of sp³-hybridized carbons (Fsp3) is 0.250. The van der Waals surface area contributed by atoms with Crippen molar-refractivity contribution >= 4 is 29.1 Å². The molecule has 0 saturated carbocycles. The second-order valence-electron chi connectivity index (χ2n) is 5.55. The lowest BCUT2D eigenvalue weighted by atomic mass is 10.3. The van der Waals surface area contributed by atoms with Crippen LogP contribution in [0.5, 0.6) is 11.5 Å². The summed E-state index contributed by atoms with van der Waals surface area (Å²) in [5, 5.41) is 7.71. The number of benzene rings is 1. The maximum atomic E-state index is 12.1. The van der Waals surface area contributed by atoms with Crippen LogP contribution in [0.3, 0.4) is 0 Å². The van der Waals surface area contributed by atoms with Gasteiger partial charge in [-0.2, -0.15) is 4.98 Å². The van der Waals surface area contributed by atoms with Gasteiger partial charge < -0.3 is 14.8 Å². The quantitative estimate of drug-likeness (QED) is 0.716. The van der Waals surface area contributed by atoms with Crippen LogP contribution in [-0.2, 0) is 4.79 Å². The normalized spacial score (nSPS) is 12.6. The molecule has 128 valence electrons. The molecule has 3 heterocycles. The number of thioether (sulfide) groups is 1. The van der Waals surface area contributed by atoms with Gasteiger partial charge in [0.05, 0.1) is 5.75 Å². The summed E-state index contributed by atoms with van der Waals surface area (Å²) in [6.45, 7) is 4.06. The van der Waals surface area contributed by atoms with Gasteiger partial charge in [0.15, 0.2) is 11.5 Å². The minimum Gasteiger partial charge on any atom is -0.454 e. The molecule has 0 atom stereocenters. The van der Waals surface area contributed by atoms with Crippen LogP contribution in [0.2, 0.25) is 0 Å². The number of carbonyl (C=O) groups is 1. The topological polar surface area (TPSA) is 90.6 Å². The van der Waals surface area contributed by atoms with Crippen LogP contribution in [0, 0.1) is 13.8 Å². The van der Waals surface area contributed by atoms with Crippen molar-refractivity contribution < 1.29 is 14.3 Å². The highest BCUT2D eigenvalue weighted by atomic mass is 32.2. The predicted molar refractivity (Wildman–Crippen MR) is 92.2 cm³/mol. The zero-order valence-electron chi connectivity index (χ0n) is 13.6. The first-order valence-electron chi connectivity index (χ1n) is 7.62. The molecule has 0 radical (unpaired) electrons. The average Bonchev–Trinajstić information content (AvgIpc) is 3.18. The Morgan fingerprint density at radius 3 is 2.96 bits per heavy atom. The number of aryl methyl sites for hydroxylation is 2. The average molecular weight is 357 g/mol. The predicted octanol–water partition coefficient (Wildman–Crippen LogP) is 2.20. The van der Waals surface area contributed by atoms with Crippen molar-refractivity contribution in [3.05, 3.63) is 35.7 Å². The van der Waals surface area contributed by atoms with Gasteiger partial charge in [-0.1, -0.05) is 11.8 Å². The second-order valence-corrected chi connectivity index (χ2v) is 6.49. The van der Waals surface area contributed by atoms with Crippen molar-refractivity contribution in [2.24, 2.45) is 0 Å². The van der Waals surface area contributed by atoms with Crippen LogP contribution in [0.15, 0.2) is 29.4 Å². The molecule has 0 saturated heterocycles. The zero-order chi connectivity index (χ0) is 17.4. The molecule has 4 rings (SSSR count). The van der Waals surface area contributed by atoms with Crippen LogP contribution >= 0.6 is 11.8 Å². The lowest BCUT2D eigenvalue weighted by Gasteiger charge is -2.05. The van der Waals surface area contributed by atoms with Gasteiger partial charge in [0.1, 0.15) is 0 Å². The van der Waals surface area contributed by atoms with Crippen LogP contribution < -0.4 is 14.8 Å². The van der Waals surface area contributed by atoms with Gasteiger partial charge in [-0.3, -0.25) is 4.79 Å². The molecule has 25 heavy (non-hydrogen) atoms. The fourth-order valence-electron chi connectivity index (χ4n) is 2.51. The summed E-state index contributed by atoms with van der Waals surface area (Å²) in [7, 11) is 0. The molecule has 3 aromatic rings. The summed E-state index contributed by atoms with van der Waals surface area (Å²) in [6, 6.07) is 7.22. The van der Waals surface area contributed by atoms with Crippen molar-refractivity contribution in [2.75, 3.05) is 17.9 Å². The maximum Gasteiger partial charge on any atom is 0.253 e. The number of nitrogens with one attached hydrogen (secondary N) is 1. The number of ether oxygens (including phenoxy) is 2. The van der Waals surface area contributed by atoms with E-state index >= 15 is 0 Å². The van der Waals surface area contributed by atoms with Crippen molar-refractivity contribution in [1.82, 2.24) is 19.6 Å². The molecule has 1 aliphatic heterocycles. The third kappa shape index (κ3) is 3.22. The number of fused-ring (bicyclic) bond motifs is 2. The maximum absolute atomic E-state index is 12.1. The Kier molecular flexibility index (Phi) is 3.92. The van der Waals surface area contributed by atoms with E-state index in [1.165, 1.54) is 11.8 Å². The van der Waals surface area contributed by atoms with Crippen LogP contribution in [0.25, 0.3) is 5.78 Å². The molecule has 1 aliphatic rings. The number of carbonyl (C=O) groups excluding carboxylic acids is 1. The molecule has 2 aromatic heterocycles. The summed E-state index contributed by atoms with van der Waals surface area (Å²) in [4.78, 5) is 20.8. The molecular weight excluding hydrogens is 342 g/mol. The van der Waals surface area contributed by atoms with Crippen LogP contribution in [0.4, 0.5) is 5.69 Å². The molecule has 8 nitrogen and oxygen atoms in total. The van der Waals surface area contributed by atoms with Gasteiger partial charge >= 0.3 is 0 Å². The van der Waals surface area contributed by atoms with E-state index < -0.39 is 0 Å². The van der Waals surface area contributed by atoms with Crippen molar-refractivity contribution in [1.29, 1.82) is 0 Å². The van der Waals surface area contributed by atoms with Gasteiger partial charge in [0, 0.05) is 23.1 Å². The third-order valence-electron chi connectivity index (χ3n) is 3.59. The number of hydrogen-bond donors (Lipinski definition) is 1. The molecule has 0 spiro atoms. The molecule has 0 bridgehead atoms. The van der Waals surface area contributed by atoms with Crippen molar-refractivity contribution in [2.45, 2.75) is 19.0 Å². The highest BCUT2D eigenvalue weighted by molar-refractivity contribution is 7.99. The van der Waals surface area contributed by atoms with E-state index in [-0.39, 0.29) is 18.5 Å². The number of aromatic nitrogens is 4. The monoisotopic (exact) mass is 357 g/mol. The summed E-state index contributed by atoms with van der Waals surface area (Å²) in [5.74, 6) is 1.90. The lowest BCUT2D eigenvalue weighted by Crippen LogP contribution is -2.14. The number of amides is 1. The first-order chi connectivity index (χ1) is 12.1. The SMILES string of the molecule is Cc1cc(C)n2nc(SCC(=O)Nc3ccc4c(c3)OCO4)nc2n1. The Hall–Kier alpha value is -2.81. The van der Waals surface area contributed by atoms with Gasteiger partial charge in [0.25, 0.3) is 5.78 Å². The molecule has 0 unspecified atom stereocenters. The Labute approximate surface area is 147 Å². The minimum absolute atomic E-state index is 0.149. The Morgan fingerprint density at radius 2 is 2.08 bits per heavy atom. The summed E-state index contributed by atoms with van der Waals surface area (Å²) in [5.41, 5.74) is 2.49. The van der Waals surface area contributed by atoms with E-state index in [4.69, 9.17) is 9.47 Å². The number of rotatable bonds is 4. The third-order valence-corrected chi connectivity index (χ3v) is 4.43. The summed E-state index contributed by atoms with van der Waals surface area (Å²) < 4.78 is 12.2. The molecule has 1 amide bonds. The standard InChI is InChI=1S/C16H15N5O3S/c1-9-5-10(2)21-15(17-9)19-16(20-21)25-7-14(22)18-11-3-4-12-13(6-11)24-8-23-12/h3-6H,7-8H2,1-2H3,(H,18,22). The van der Waals surface area contributed by atoms with Gasteiger partial charge in [0.2, 0.25) is 17.9 Å². The Morgan fingerprint density at radius 1 is 1.24 bits per heavy atom. The minimum atomic E-state index is -0.149. The largest absolute Gasteiger partial charge is 0.454 e. The van der Waals surface area contributed by atoms with Crippen molar-refractivity contribution in [3.8, 4) is 11.5 Å². The lowest BCUT2D eigenvalue weighted by molar-refractivity contribution is -0.113. The Balaban J connectivity index is 1.41. The number of nitrogens with zero attached hydrogens (tertiary/aromatic N) is 4. The van der Waals surface area contributed by atoms with E-state index in [2.05, 4.69) is 20.4 Å². The van der Waals surface area contributed by atoms with Crippen LogP contribution in [0.1, 0.15) is 11.4 Å². The summed E-state index contributed by atoms with van der Waals surface area (Å²) >= 11 is 1.26. The molecular formula is C16H15N5O3S. The zero-order valence-corrected chi connectivity index (χ0v) is 14.5. The molecule has 0 fully saturated rings. The van der Waals surface area contributed by atoms with E-state index in [1.54, 1.807) is 22.7 Å². The first-order valence-corrected chi connectivity index (χ1v) is 8.60. The van der Waals surface area contributed by atoms with E-state index in [0.29, 0.717) is 28.1 Å². The second kappa shape index (κ2) is 6.25. The Bertz CT molecular complexity index is 972. The first kappa shape index (κ1) is 15.7. The van der Waals surface area contributed by atoms with Crippen molar-refractivity contribution in [3.63, 3.8) is 0 Å². The summed E-state index contributed by atoms with van der Waals surface area (Å²) in [6.07, 6.45) is 0. The fourth-order valence-corrected chi connectivity index (χ4v) is 3.13. The van der Waals surface area contributed by atoms with E-state index in [9.17, 15) is 4.79 Å². The smallest absolute Gasteiger partial charge is 0.253 e. The number of anilines is 1. The van der Waals surface area contributed by atoms with E-state index in [1.807, 2.05) is 19.9 Å². The number of hydrogen-bond acceptors (Lipinski definition) is 7. The molecule has 1 N–H and O–H groups in total. The molecule has 0 aliphatic carbocycles. The van der Waals surface area contributed by atoms with E-state index in [0.717, 1.165) is 11.4 Å².